The first-order chi connectivity index (χ1) is 9.92. The fourth-order valence-electron chi connectivity index (χ4n) is 1.46. The molecule has 0 bridgehead atoms. The van der Waals surface area contributed by atoms with Crippen LogP contribution in [0.2, 0.25) is 0 Å². The van der Waals surface area contributed by atoms with E-state index in [2.05, 4.69) is 25.3 Å². The van der Waals surface area contributed by atoms with E-state index in [4.69, 9.17) is 0 Å². The van der Waals surface area contributed by atoms with Crippen LogP contribution in [0.1, 0.15) is 0 Å². The molecule has 8 nitrogen and oxygen atoms in total. The SMILES string of the molecule is CS(=O)(=O)Nc1ccc(NC(=O)Nc2ncccn2)cc1. The molecule has 9 heteroatoms. The van der Waals surface area contributed by atoms with Crippen LogP contribution in [0.5, 0.6) is 0 Å². The number of carbonyl (C=O) groups excluding carboxylic acids is 1. The summed E-state index contributed by atoms with van der Waals surface area (Å²) < 4.78 is 24.4. The van der Waals surface area contributed by atoms with Crippen molar-refractivity contribution < 1.29 is 13.2 Å². The zero-order chi connectivity index (χ0) is 15.3. The van der Waals surface area contributed by atoms with Crippen LogP contribution in [-0.2, 0) is 10.0 Å². The molecule has 21 heavy (non-hydrogen) atoms. The number of amides is 2. The molecule has 0 spiro atoms. The molecule has 1 aromatic carbocycles. The summed E-state index contributed by atoms with van der Waals surface area (Å²) in [7, 11) is -3.32. The van der Waals surface area contributed by atoms with Gasteiger partial charge in [0.2, 0.25) is 16.0 Å². The Labute approximate surface area is 121 Å². The van der Waals surface area contributed by atoms with Crippen molar-refractivity contribution in [3.8, 4) is 0 Å². The maximum atomic E-state index is 11.7. The number of carbonyl (C=O) groups is 1. The molecule has 3 N–H and O–H groups in total. The van der Waals surface area contributed by atoms with E-state index >= 15 is 0 Å². The van der Waals surface area contributed by atoms with Gasteiger partial charge in [-0.3, -0.25) is 10.0 Å². The maximum Gasteiger partial charge on any atom is 0.326 e. The fourth-order valence-corrected chi connectivity index (χ4v) is 2.03. The minimum Gasteiger partial charge on any atom is -0.308 e. The largest absolute Gasteiger partial charge is 0.326 e. The van der Waals surface area contributed by atoms with Crippen LogP contribution in [0.4, 0.5) is 22.1 Å². The summed E-state index contributed by atoms with van der Waals surface area (Å²) in [6, 6.07) is 7.35. The maximum absolute atomic E-state index is 11.7. The summed E-state index contributed by atoms with van der Waals surface area (Å²) in [6.07, 6.45) is 4.08. The third-order valence-corrected chi connectivity index (χ3v) is 2.84. The minimum absolute atomic E-state index is 0.186. The smallest absolute Gasteiger partial charge is 0.308 e. The molecule has 0 saturated heterocycles. The van der Waals surface area contributed by atoms with E-state index in [-0.39, 0.29) is 5.95 Å². The number of urea groups is 1. The first kappa shape index (κ1) is 14.7. The molecule has 0 aliphatic carbocycles. The molecule has 1 heterocycles. The molecular weight excluding hydrogens is 294 g/mol. The van der Waals surface area contributed by atoms with Gasteiger partial charge in [-0.25, -0.2) is 23.2 Å². The Morgan fingerprint density at radius 2 is 1.57 bits per heavy atom. The highest BCUT2D eigenvalue weighted by molar-refractivity contribution is 7.92. The summed E-state index contributed by atoms with van der Waals surface area (Å²) in [6.45, 7) is 0. The van der Waals surface area contributed by atoms with E-state index in [0.717, 1.165) is 6.26 Å². The van der Waals surface area contributed by atoms with Gasteiger partial charge in [-0.05, 0) is 30.3 Å². The number of hydrogen-bond donors (Lipinski definition) is 3. The Kier molecular flexibility index (Phi) is 4.33. The number of rotatable bonds is 4. The van der Waals surface area contributed by atoms with Gasteiger partial charge in [0.25, 0.3) is 0 Å². The number of sulfonamides is 1. The van der Waals surface area contributed by atoms with Crippen molar-refractivity contribution in [2.75, 3.05) is 21.6 Å². The number of nitrogens with one attached hydrogen (secondary N) is 3. The Bertz CT molecular complexity index is 716. The van der Waals surface area contributed by atoms with Crippen LogP contribution >= 0.6 is 0 Å². The van der Waals surface area contributed by atoms with Crippen LogP contribution < -0.4 is 15.4 Å². The van der Waals surface area contributed by atoms with Crippen molar-refractivity contribution in [3.05, 3.63) is 42.7 Å². The van der Waals surface area contributed by atoms with Gasteiger partial charge in [-0.2, -0.15) is 0 Å². The summed E-state index contributed by atoms with van der Waals surface area (Å²) in [5.74, 6) is 0.186. The summed E-state index contributed by atoms with van der Waals surface area (Å²) in [5.41, 5.74) is 0.914. The third-order valence-electron chi connectivity index (χ3n) is 2.24. The molecule has 0 aliphatic rings. The lowest BCUT2D eigenvalue weighted by molar-refractivity contribution is 0.262. The Balaban J connectivity index is 1.95. The highest BCUT2D eigenvalue weighted by atomic mass is 32.2. The van der Waals surface area contributed by atoms with Gasteiger partial charge in [0, 0.05) is 23.8 Å². The van der Waals surface area contributed by atoms with Gasteiger partial charge < -0.3 is 5.32 Å². The van der Waals surface area contributed by atoms with Gasteiger partial charge >= 0.3 is 6.03 Å². The zero-order valence-electron chi connectivity index (χ0n) is 11.1. The second-order valence-corrected chi connectivity index (χ2v) is 5.85. The zero-order valence-corrected chi connectivity index (χ0v) is 11.9. The molecule has 2 rings (SSSR count). The quantitative estimate of drug-likeness (QED) is 0.792. The molecule has 0 radical (unpaired) electrons. The molecule has 0 unspecified atom stereocenters. The monoisotopic (exact) mass is 307 g/mol. The Morgan fingerprint density at radius 3 is 2.14 bits per heavy atom. The lowest BCUT2D eigenvalue weighted by Crippen LogP contribution is -2.20. The predicted molar refractivity (Wildman–Crippen MR) is 79.6 cm³/mol. The van der Waals surface area contributed by atoms with Gasteiger partial charge in [-0.1, -0.05) is 0 Å². The normalized spacial score (nSPS) is 10.7. The van der Waals surface area contributed by atoms with Gasteiger partial charge in [0.15, 0.2) is 0 Å². The lowest BCUT2D eigenvalue weighted by Gasteiger charge is -2.08. The first-order valence-corrected chi connectivity index (χ1v) is 7.74. The number of hydrogen-bond acceptors (Lipinski definition) is 5. The Morgan fingerprint density at radius 1 is 1.00 bits per heavy atom. The van der Waals surface area contributed by atoms with Crippen LogP contribution in [0.3, 0.4) is 0 Å². The molecule has 2 amide bonds. The van der Waals surface area contributed by atoms with E-state index in [0.29, 0.717) is 11.4 Å². The fraction of sp³-hybridized carbons (Fsp3) is 0.0833. The molecule has 2 aromatic rings. The average molecular weight is 307 g/mol. The topological polar surface area (TPSA) is 113 Å². The van der Waals surface area contributed by atoms with E-state index in [1.165, 1.54) is 24.5 Å². The molecule has 0 atom stereocenters. The van der Waals surface area contributed by atoms with Crippen LogP contribution in [-0.4, -0.2) is 30.7 Å². The van der Waals surface area contributed by atoms with Gasteiger partial charge in [-0.15, -0.1) is 0 Å². The van der Waals surface area contributed by atoms with Crippen molar-refractivity contribution >= 4 is 33.4 Å². The van der Waals surface area contributed by atoms with E-state index in [9.17, 15) is 13.2 Å². The van der Waals surface area contributed by atoms with Crippen molar-refractivity contribution in [3.63, 3.8) is 0 Å². The van der Waals surface area contributed by atoms with E-state index in [1.807, 2.05) is 0 Å². The standard InChI is InChI=1S/C12H13N5O3S/c1-21(19,20)17-10-5-3-9(4-6-10)15-12(18)16-11-13-7-2-8-14-11/h2-8,17H,1H3,(H2,13,14,15,16,18). The molecule has 0 fully saturated rings. The summed E-state index contributed by atoms with van der Waals surface area (Å²) in [5, 5.41) is 5.03. The number of benzene rings is 1. The van der Waals surface area contributed by atoms with Crippen molar-refractivity contribution in [1.29, 1.82) is 0 Å². The van der Waals surface area contributed by atoms with Crippen LogP contribution in [0.25, 0.3) is 0 Å². The Hall–Kier alpha value is -2.68. The molecule has 110 valence electrons. The van der Waals surface area contributed by atoms with Gasteiger partial charge in [0.05, 0.1) is 6.26 Å². The van der Waals surface area contributed by atoms with Gasteiger partial charge in [0.1, 0.15) is 0 Å². The summed E-state index contributed by atoms with van der Waals surface area (Å²) >= 11 is 0. The number of anilines is 3. The van der Waals surface area contributed by atoms with Crippen LogP contribution in [0.15, 0.2) is 42.7 Å². The first-order valence-electron chi connectivity index (χ1n) is 5.85. The summed E-state index contributed by atoms with van der Waals surface area (Å²) in [4.78, 5) is 19.4. The second-order valence-electron chi connectivity index (χ2n) is 4.10. The number of nitrogens with zero attached hydrogens (tertiary/aromatic N) is 2. The minimum atomic E-state index is -3.32. The van der Waals surface area contributed by atoms with Crippen LogP contribution in [0, 0.1) is 0 Å². The third kappa shape index (κ3) is 5.07. The van der Waals surface area contributed by atoms with Crippen molar-refractivity contribution in [2.24, 2.45) is 0 Å². The predicted octanol–water partition coefficient (Wildman–Crippen LogP) is 1.49. The second kappa shape index (κ2) is 6.18. The van der Waals surface area contributed by atoms with E-state index in [1.54, 1.807) is 18.2 Å². The molecule has 1 aromatic heterocycles. The molecule has 0 aliphatic heterocycles. The highest BCUT2D eigenvalue weighted by Crippen LogP contribution is 2.14. The van der Waals surface area contributed by atoms with Crippen molar-refractivity contribution in [1.82, 2.24) is 9.97 Å². The van der Waals surface area contributed by atoms with Crippen molar-refractivity contribution in [2.45, 2.75) is 0 Å². The average Bonchev–Trinajstić information content (AvgIpc) is 2.40. The lowest BCUT2D eigenvalue weighted by atomic mass is 10.3. The molecular formula is C12H13N5O3S. The highest BCUT2D eigenvalue weighted by Gasteiger charge is 2.05. The number of aromatic nitrogens is 2. The molecule has 0 saturated carbocycles. The van der Waals surface area contributed by atoms with E-state index < -0.39 is 16.1 Å².